The molecule has 3 aromatic carbocycles. The molecule has 0 amide bonds. The zero-order valence-corrected chi connectivity index (χ0v) is 14.0. The number of rotatable bonds is 4. The number of nitro groups is 1. The second-order valence-corrected chi connectivity index (χ2v) is 5.95. The van der Waals surface area contributed by atoms with Gasteiger partial charge in [-0.2, -0.15) is 10.2 Å². The monoisotopic (exact) mass is 358 g/mol. The number of fused-ring (bicyclic) bond motifs is 1. The van der Waals surface area contributed by atoms with Crippen LogP contribution in [0.25, 0.3) is 22.2 Å². The van der Waals surface area contributed by atoms with Gasteiger partial charge in [0.15, 0.2) is 0 Å². The second kappa shape index (κ2) is 6.72. The van der Waals surface area contributed by atoms with Crippen LogP contribution in [0, 0.1) is 10.1 Å². The van der Waals surface area contributed by atoms with Crippen LogP contribution in [0.1, 0.15) is 0 Å². The topological polar surface area (TPSA) is 104 Å². The number of phenols is 1. The number of azo groups is 1. The predicted octanol–water partition coefficient (Wildman–Crippen LogP) is 5.86. The quantitative estimate of drug-likeness (QED) is 0.271. The Kier molecular flexibility index (Phi) is 4.10. The SMILES string of the molecule is O=[N+]([O-])c1cccc(N=Nc2ccc(O)c(-c3cc4ccccc4[nH]3)c2)c1. The summed E-state index contributed by atoms with van der Waals surface area (Å²) in [5.74, 6) is 0.121. The van der Waals surface area contributed by atoms with Crippen LogP contribution >= 0.6 is 0 Å². The van der Waals surface area contributed by atoms with Gasteiger partial charge in [-0.3, -0.25) is 10.1 Å². The number of aromatic amines is 1. The molecule has 0 saturated heterocycles. The van der Waals surface area contributed by atoms with Crippen LogP contribution in [0.15, 0.2) is 83.0 Å². The van der Waals surface area contributed by atoms with Crippen molar-refractivity contribution in [2.75, 3.05) is 0 Å². The number of aromatic nitrogens is 1. The fourth-order valence-corrected chi connectivity index (χ4v) is 2.80. The minimum Gasteiger partial charge on any atom is -0.507 e. The first-order valence-electron chi connectivity index (χ1n) is 8.17. The van der Waals surface area contributed by atoms with Gasteiger partial charge in [0.05, 0.1) is 22.0 Å². The molecule has 7 heteroatoms. The lowest BCUT2D eigenvalue weighted by atomic mass is 10.1. The van der Waals surface area contributed by atoms with E-state index in [1.54, 1.807) is 30.3 Å². The van der Waals surface area contributed by atoms with Crippen molar-refractivity contribution in [3.8, 4) is 17.0 Å². The molecule has 0 atom stereocenters. The van der Waals surface area contributed by atoms with Gasteiger partial charge in [0.25, 0.3) is 5.69 Å². The van der Waals surface area contributed by atoms with Gasteiger partial charge in [0.2, 0.25) is 0 Å². The molecule has 132 valence electrons. The fraction of sp³-hybridized carbons (Fsp3) is 0. The van der Waals surface area contributed by atoms with Crippen molar-refractivity contribution < 1.29 is 10.0 Å². The molecule has 0 saturated carbocycles. The average molecular weight is 358 g/mol. The Bertz CT molecular complexity index is 1150. The van der Waals surface area contributed by atoms with Gasteiger partial charge in [0, 0.05) is 28.6 Å². The highest BCUT2D eigenvalue weighted by molar-refractivity contribution is 5.87. The van der Waals surface area contributed by atoms with E-state index in [0.717, 1.165) is 16.6 Å². The van der Waals surface area contributed by atoms with Gasteiger partial charge in [-0.15, -0.1) is 0 Å². The van der Waals surface area contributed by atoms with Gasteiger partial charge in [-0.05, 0) is 36.4 Å². The fourth-order valence-electron chi connectivity index (χ4n) is 2.80. The molecule has 4 aromatic rings. The summed E-state index contributed by atoms with van der Waals surface area (Å²) in [6.45, 7) is 0. The maximum atomic E-state index is 10.8. The van der Waals surface area contributed by atoms with Crippen LogP contribution in [0.3, 0.4) is 0 Å². The van der Waals surface area contributed by atoms with E-state index in [9.17, 15) is 15.2 Å². The molecule has 27 heavy (non-hydrogen) atoms. The predicted molar refractivity (Wildman–Crippen MR) is 103 cm³/mol. The average Bonchev–Trinajstić information content (AvgIpc) is 3.11. The number of nitrogens with zero attached hydrogens (tertiary/aromatic N) is 3. The van der Waals surface area contributed by atoms with Crippen LogP contribution in [0.2, 0.25) is 0 Å². The van der Waals surface area contributed by atoms with Crippen molar-refractivity contribution >= 4 is 28.0 Å². The third kappa shape index (κ3) is 3.38. The molecule has 1 heterocycles. The van der Waals surface area contributed by atoms with Gasteiger partial charge >= 0.3 is 0 Å². The lowest BCUT2D eigenvalue weighted by Crippen LogP contribution is -1.85. The Labute approximate surface area is 153 Å². The highest BCUT2D eigenvalue weighted by Gasteiger charge is 2.09. The molecule has 2 N–H and O–H groups in total. The molecule has 0 spiro atoms. The lowest BCUT2D eigenvalue weighted by molar-refractivity contribution is -0.384. The third-order valence-corrected chi connectivity index (χ3v) is 4.12. The molecular weight excluding hydrogens is 344 g/mol. The standard InChI is InChI=1S/C20H14N4O3/c25-20-9-8-15(23-22-14-5-3-6-16(11-14)24(26)27)12-17(20)19-10-13-4-1-2-7-18(13)21-19/h1-12,21,25H. The Morgan fingerprint density at radius 1 is 0.889 bits per heavy atom. The molecule has 0 bridgehead atoms. The van der Waals surface area contributed by atoms with Crippen molar-refractivity contribution in [2.24, 2.45) is 10.2 Å². The Morgan fingerprint density at radius 2 is 1.67 bits per heavy atom. The second-order valence-electron chi connectivity index (χ2n) is 5.95. The van der Waals surface area contributed by atoms with Gasteiger partial charge in [0.1, 0.15) is 5.75 Å². The number of benzene rings is 3. The largest absolute Gasteiger partial charge is 0.507 e. The van der Waals surface area contributed by atoms with E-state index in [4.69, 9.17) is 0 Å². The van der Waals surface area contributed by atoms with Gasteiger partial charge in [-0.1, -0.05) is 24.3 Å². The zero-order valence-electron chi connectivity index (χ0n) is 14.0. The number of phenolic OH excluding ortho intramolecular Hbond substituents is 1. The Balaban J connectivity index is 1.68. The van der Waals surface area contributed by atoms with Crippen LogP contribution in [-0.2, 0) is 0 Å². The van der Waals surface area contributed by atoms with Crippen molar-refractivity contribution in [3.63, 3.8) is 0 Å². The van der Waals surface area contributed by atoms with E-state index in [2.05, 4.69) is 15.2 Å². The first-order valence-corrected chi connectivity index (χ1v) is 8.17. The summed E-state index contributed by atoms with van der Waals surface area (Å²) >= 11 is 0. The van der Waals surface area contributed by atoms with Gasteiger partial charge < -0.3 is 10.1 Å². The number of hydrogen-bond acceptors (Lipinski definition) is 5. The molecule has 0 fully saturated rings. The smallest absolute Gasteiger partial charge is 0.271 e. The van der Waals surface area contributed by atoms with Gasteiger partial charge in [-0.25, -0.2) is 0 Å². The maximum Gasteiger partial charge on any atom is 0.271 e. The molecule has 0 radical (unpaired) electrons. The molecule has 7 nitrogen and oxygen atoms in total. The van der Waals surface area contributed by atoms with E-state index >= 15 is 0 Å². The van der Waals surface area contributed by atoms with Crippen LogP contribution in [0.5, 0.6) is 5.75 Å². The van der Waals surface area contributed by atoms with Crippen molar-refractivity contribution in [2.45, 2.75) is 0 Å². The molecule has 0 unspecified atom stereocenters. The summed E-state index contributed by atoms with van der Waals surface area (Å²) in [4.78, 5) is 13.6. The zero-order chi connectivity index (χ0) is 18.8. The molecule has 0 aliphatic carbocycles. The first-order chi connectivity index (χ1) is 13.1. The molecule has 1 aromatic heterocycles. The Hall–Kier alpha value is -4.00. The van der Waals surface area contributed by atoms with Crippen LogP contribution < -0.4 is 0 Å². The minimum atomic E-state index is -0.479. The summed E-state index contributed by atoms with van der Waals surface area (Å²) in [5.41, 5.74) is 3.19. The van der Waals surface area contributed by atoms with E-state index in [1.807, 2.05) is 30.3 Å². The van der Waals surface area contributed by atoms with Crippen molar-refractivity contribution in [3.05, 3.63) is 82.9 Å². The lowest BCUT2D eigenvalue weighted by Gasteiger charge is -2.03. The molecule has 0 aliphatic heterocycles. The Morgan fingerprint density at radius 3 is 2.44 bits per heavy atom. The number of non-ortho nitro benzene ring substituents is 1. The van der Waals surface area contributed by atoms with E-state index in [0.29, 0.717) is 16.9 Å². The normalized spacial score (nSPS) is 11.3. The van der Waals surface area contributed by atoms with Crippen molar-refractivity contribution in [1.29, 1.82) is 0 Å². The summed E-state index contributed by atoms with van der Waals surface area (Å²) in [5, 5.41) is 30.3. The number of nitrogens with one attached hydrogen (secondary N) is 1. The molecule has 4 rings (SSSR count). The van der Waals surface area contributed by atoms with E-state index in [-0.39, 0.29) is 11.4 Å². The maximum absolute atomic E-state index is 10.8. The van der Waals surface area contributed by atoms with Crippen LogP contribution in [0.4, 0.5) is 17.1 Å². The first kappa shape index (κ1) is 16.5. The minimum absolute atomic E-state index is 0.0454. The highest BCUT2D eigenvalue weighted by Crippen LogP contribution is 2.34. The number of H-pyrrole nitrogens is 1. The molecular formula is C20H14N4O3. The van der Waals surface area contributed by atoms with E-state index < -0.39 is 4.92 Å². The summed E-state index contributed by atoms with van der Waals surface area (Å²) < 4.78 is 0. The number of hydrogen-bond donors (Lipinski definition) is 2. The third-order valence-electron chi connectivity index (χ3n) is 4.12. The summed E-state index contributed by atoms with van der Waals surface area (Å²) in [7, 11) is 0. The molecule has 0 aliphatic rings. The van der Waals surface area contributed by atoms with E-state index in [1.165, 1.54) is 12.1 Å². The summed E-state index contributed by atoms with van der Waals surface area (Å²) in [6, 6.07) is 20.6. The number of para-hydroxylation sites is 1. The number of aromatic hydroxyl groups is 1. The summed E-state index contributed by atoms with van der Waals surface area (Å²) in [6.07, 6.45) is 0. The number of nitro benzene ring substituents is 1. The van der Waals surface area contributed by atoms with Crippen molar-refractivity contribution in [1.82, 2.24) is 4.98 Å². The van der Waals surface area contributed by atoms with Crippen LogP contribution in [-0.4, -0.2) is 15.0 Å². The highest BCUT2D eigenvalue weighted by atomic mass is 16.6.